The van der Waals surface area contributed by atoms with Crippen LogP contribution in [0.4, 0.5) is 0 Å². The van der Waals surface area contributed by atoms with Crippen molar-refractivity contribution >= 4 is 11.9 Å². The second kappa shape index (κ2) is 11.7. The van der Waals surface area contributed by atoms with Crippen LogP contribution in [0.2, 0.25) is 0 Å². The number of carboxylic acid groups (broad SMARTS) is 1. The van der Waals surface area contributed by atoms with Gasteiger partial charge in [-0.3, -0.25) is 14.5 Å². The Bertz CT molecular complexity index is 282. The first kappa shape index (κ1) is 18.9. The van der Waals surface area contributed by atoms with E-state index in [0.29, 0.717) is 19.0 Å². The second-order valence-electron chi connectivity index (χ2n) is 5.32. The number of unbranched alkanes of at least 4 members (excludes halogenated alkanes) is 1. The van der Waals surface area contributed by atoms with Crippen molar-refractivity contribution in [2.45, 2.75) is 52.9 Å². The zero-order valence-corrected chi connectivity index (χ0v) is 13.2. The Kier molecular flexibility index (Phi) is 11.1. The van der Waals surface area contributed by atoms with E-state index in [1.165, 1.54) is 12.8 Å². The third-order valence-corrected chi connectivity index (χ3v) is 3.40. The van der Waals surface area contributed by atoms with Gasteiger partial charge >= 0.3 is 5.97 Å². The summed E-state index contributed by atoms with van der Waals surface area (Å²) in [6, 6.07) is 0. The van der Waals surface area contributed by atoms with Crippen LogP contribution in [0.25, 0.3) is 0 Å². The van der Waals surface area contributed by atoms with Crippen molar-refractivity contribution in [1.29, 1.82) is 0 Å². The molecule has 0 aliphatic carbocycles. The van der Waals surface area contributed by atoms with Crippen LogP contribution in [0.3, 0.4) is 0 Å². The van der Waals surface area contributed by atoms with E-state index in [1.54, 1.807) is 4.90 Å². The lowest BCUT2D eigenvalue weighted by Crippen LogP contribution is -2.41. The van der Waals surface area contributed by atoms with Crippen LogP contribution in [0.5, 0.6) is 0 Å². The fraction of sp³-hybridized carbons (Fsp3) is 0.867. The van der Waals surface area contributed by atoms with Crippen molar-refractivity contribution in [1.82, 2.24) is 10.2 Å². The Morgan fingerprint density at radius 1 is 1.15 bits per heavy atom. The molecule has 0 radical (unpaired) electrons. The van der Waals surface area contributed by atoms with Gasteiger partial charge in [-0.1, -0.05) is 40.0 Å². The molecule has 0 bridgehead atoms. The number of carbonyl (C=O) groups is 2. The minimum atomic E-state index is -0.888. The van der Waals surface area contributed by atoms with Gasteiger partial charge in [0.05, 0.1) is 13.1 Å². The first-order valence-corrected chi connectivity index (χ1v) is 7.74. The average Bonchev–Trinajstić information content (AvgIpc) is 2.38. The predicted molar refractivity (Wildman–Crippen MR) is 80.7 cm³/mol. The highest BCUT2D eigenvalue weighted by Gasteiger charge is 2.14. The number of rotatable bonds is 12. The van der Waals surface area contributed by atoms with Crippen molar-refractivity contribution in [3.63, 3.8) is 0 Å². The molecule has 0 heterocycles. The number of nitrogens with zero attached hydrogens (tertiary/aromatic N) is 1. The van der Waals surface area contributed by atoms with E-state index in [0.717, 1.165) is 19.3 Å². The van der Waals surface area contributed by atoms with E-state index >= 15 is 0 Å². The monoisotopic (exact) mass is 286 g/mol. The fourth-order valence-corrected chi connectivity index (χ4v) is 2.18. The number of carbonyl (C=O) groups excluding carboxylic acids is 1. The summed E-state index contributed by atoms with van der Waals surface area (Å²) in [6.07, 6.45) is 5.41. The topological polar surface area (TPSA) is 69.6 Å². The third-order valence-electron chi connectivity index (χ3n) is 3.40. The van der Waals surface area contributed by atoms with Crippen LogP contribution in [-0.2, 0) is 9.59 Å². The lowest BCUT2D eigenvalue weighted by atomic mass is 9.99. The Hall–Kier alpha value is -1.10. The van der Waals surface area contributed by atoms with Gasteiger partial charge in [0.25, 0.3) is 0 Å². The molecule has 2 N–H and O–H groups in total. The molecule has 0 aliphatic heterocycles. The van der Waals surface area contributed by atoms with E-state index < -0.39 is 5.97 Å². The zero-order valence-electron chi connectivity index (χ0n) is 13.2. The minimum absolute atomic E-state index is 0.0744. The Balaban J connectivity index is 4.07. The molecule has 118 valence electrons. The van der Waals surface area contributed by atoms with Crippen molar-refractivity contribution in [3.05, 3.63) is 0 Å². The molecule has 1 atom stereocenters. The lowest BCUT2D eigenvalue weighted by Gasteiger charge is -2.20. The molecular formula is C15H30N2O3. The summed E-state index contributed by atoms with van der Waals surface area (Å²) in [4.78, 5) is 24.3. The second-order valence-corrected chi connectivity index (χ2v) is 5.32. The molecule has 0 fully saturated rings. The minimum Gasteiger partial charge on any atom is -0.480 e. The van der Waals surface area contributed by atoms with Gasteiger partial charge in [-0.15, -0.1) is 0 Å². The molecule has 5 heteroatoms. The SMILES string of the molecule is CCCCC(CC)CNC(=O)CN(CCC)CC(=O)O. The number of carboxylic acids is 1. The highest BCUT2D eigenvalue weighted by atomic mass is 16.4. The molecule has 0 saturated carbocycles. The van der Waals surface area contributed by atoms with E-state index in [-0.39, 0.29) is 19.0 Å². The summed E-state index contributed by atoms with van der Waals surface area (Å²) in [5.74, 6) is -0.437. The highest BCUT2D eigenvalue weighted by Crippen LogP contribution is 2.11. The van der Waals surface area contributed by atoms with Gasteiger partial charge in [-0.05, 0) is 25.3 Å². The summed E-state index contributed by atoms with van der Waals surface area (Å²) in [7, 11) is 0. The molecule has 0 spiro atoms. The number of amides is 1. The van der Waals surface area contributed by atoms with Gasteiger partial charge in [0.2, 0.25) is 5.91 Å². The van der Waals surface area contributed by atoms with Crippen molar-refractivity contribution in [2.24, 2.45) is 5.92 Å². The molecule has 20 heavy (non-hydrogen) atoms. The summed E-state index contributed by atoms with van der Waals surface area (Å²) in [5, 5.41) is 11.7. The Labute approximate surface area is 122 Å². The maximum absolute atomic E-state index is 11.9. The van der Waals surface area contributed by atoms with E-state index in [1.807, 2.05) is 6.92 Å². The van der Waals surface area contributed by atoms with E-state index in [2.05, 4.69) is 19.2 Å². The van der Waals surface area contributed by atoms with Gasteiger partial charge < -0.3 is 10.4 Å². The fourth-order valence-electron chi connectivity index (χ4n) is 2.18. The normalized spacial score (nSPS) is 12.4. The maximum atomic E-state index is 11.9. The largest absolute Gasteiger partial charge is 0.480 e. The number of hydrogen-bond acceptors (Lipinski definition) is 3. The van der Waals surface area contributed by atoms with Gasteiger partial charge in [0, 0.05) is 6.54 Å². The van der Waals surface area contributed by atoms with Crippen molar-refractivity contribution in [2.75, 3.05) is 26.2 Å². The lowest BCUT2D eigenvalue weighted by molar-refractivity contribution is -0.138. The summed E-state index contributed by atoms with van der Waals surface area (Å²) in [5.41, 5.74) is 0. The van der Waals surface area contributed by atoms with Crippen LogP contribution in [0.1, 0.15) is 52.9 Å². The van der Waals surface area contributed by atoms with Crippen LogP contribution in [0.15, 0.2) is 0 Å². The van der Waals surface area contributed by atoms with Gasteiger partial charge in [0.1, 0.15) is 0 Å². The molecule has 0 saturated heterocycles. The number of nitrogens with one attached hydrogen (secondary N) is 1. The molecule has 0 aromatic heterocycles. The predicted octanol–water partition coefficient (Wildman–Crippen LogP) is 2.12. The van der Waals surface area contributed by atoms with E-state index in [9.17, 15) is 9.59 Å². The summed E-state index contributed by atoms with van der Waals surface area (Å²) >= 11 is 0. The van der Waals surface area contributed by atoms with Crippen LogP contribution in [-0.4, -0.2) is 48.1 Å². The molecular weight excluding hydrogens is 256 g/mol. The van der Waals surface area contributed by atoms with Crippen LogP contribution < -0.4 is 5.32 Å². The molecule has 0 rings (SSSR count). The smallest absolute Gasteiger partial charge is 0.317 e. The van der Waals surface area contributed by atoms with Gasteiger partial charge in [0.15, 0.2) is 0 Å². The summed E-state index contributed by atoms with van der Waals surface area (Å²) < 4.78 is 0. The highest BCUT2D eigenvalue weighted by molar-refractivity contribution is 5.79. The first-order valence-electron chi connectivity index (χ1n) is 7.74. The maximum Gasteiger partial charge on any atom is 0.317 e. The first-order chi connectivity index (χ1) is 9.53. The Morgan fingerprint density at radius 2 is 1.85 bits per heavy atom. The molecule has 0 aromatic rings. The van der Waals surface area contributed by atoms with Crippen LogP contribution >= 0.6 is 0 Å². The van der Waals surface area contributed by atoms with Crippen molar-refractivity contribution in [3.8, 4) is 0 Å². The molecule has 1 unspecified atom stereocenters. The quantitative estimate of drug-likeness (QED) is 0.576. The van der Waals surface area contributed by atoms with Crippen molar-refractivity contribution < 1.29 is 14.7 Å². The standard InChI is InChI=1S/C15H30N2O3/c1-4-7-8-13(6-3)10-16-14(18)11-17(9-5-2)12-15(19)20/h13H,4-12H2,1-3H3,(H,16,18)(H,19,20). The third kappa shape index (κ3) is 9.78. The molecule has 5 nitrogen and oxygen atoms in total. The molecule has 0 aromatic carbocycles. The van der Waals surface area contributed by atoms with Gasteiger partial charge in [-0.25, -0.2) is 0 Å². The van der Waals surface area contributed by atoms with Gasteiger partial charge in [-0.2, -0.15) is 0 Å². The summed E-state index contributed by atoms with van der Waals surface area (Å²) in [6.45, 7) is 7.71. The van der Waals surface area contributed by atoms with E-state index in [4.69, 9.17) is 5.11 Å². The van der Waals surface area contributed by atoms with Crippen LogP contribution in [0, 0.1) is 5.92 Å². The average molecular weight is 286 g/mol. The number of hydrogen-bond donors (Lipinski definition) is 2. The Morgan fingerprint density at radius 3 is 2.35 bits per heavy atom. The zero-order chi connectivity index (χ0) is 15.4. The molecule has 0 aliphatic rings. The molecule has 1 amide bonds. The number of aliphatic carboxylic acids is 1.